The number of hydrogen-bond donors (Lipinski definition) is 2. The maximum Gasteiger partial charge on any atom is 0.241 e. The number of rotatable bonds is 27. The molecule has 0 fully saturated rings. The second kappa shape index (κ2) is 22.5. The van der Waals surface area contributed by atoms with Gasteiger partial charge in [-0.15, -0.1) is 0 Å². The molecule has 0 aliphatic carbocycles. The monoisotopic (exact) mass is 740 g/mol. The fourth-order valence-electron chi connectivity index (χ4n) is 5.45. The Morgan fingerprint density at radius 2 is 1.25 bits per heavy atom. The molecule has 2 aromatic carbocycles. The summed E-state index contributed by atoms with van der Waals surface area (Å²) in [5.74, 6) is -8.08. The van der Waals surface area contributed by atoms with E-state index in [2.05, 4.69) is 10.6 Å². The number of ketones is 1. The van der Waals surface area contributed by atoms with E-state index in [4.69, 9.17) is 4.74 Å². The number of carbonyl (C=O) groups excluding carboxylic acids is 7. The Kier molecular flexibility index (Phi) is 18.6. The zero-order valence-corrected chi connectivity index (χ0v) is 29.4. The fraction of sp³-hybridized carbons (Fsp3) is 0.457. The van der Waals surface area contributed by atoms with Gasteiger partial charge in [0.25, 0.3) is 0 Å². The van der Waals surface area contributed by atoms with Gasteiger partial charge in [-0.3, -0.25) is 19.5 Å². The molecule has 2 atom stereocenters. The van der Waals surface area contributed by atoms with E-state index in [-0.39, 0.29) is 43.7 Å². The molecule has 0 aliphatic rings. The second-order valence-electron chi connectivity index (χ2n) is 12.2. The minimum absolute atomic E-state index is 0.0333. The van der Waals surface area contributed by atoms with Crippen molar-refractivity contribution in [1.82, 2.24) is 20.0 Å². The van der Waals surface area contributed by atoms with Gasteiger partial charge in [0.2, 0.25) is 5.91 Å². The van der Waals surface area contributed by atoms with E-state index < -0.39 is 74.7 Å². The number of nitrogens with one attached hydrogen (secondary N) is 2. The summed E-state index contributed by atoms with van der Waals surface area (Å²) in [5.41, 5.74) is 1.86. The van der Waals surface area contributed by atoms with Gasteiger partial charge in [-0.05, 0) is 50.6 Å². The van der Waals surface area contributed by atoms with Gasteiger partial charge in [-0.2, -0.15) is 0 Å². The van der Waals surface area contributed by atoms with Gasteiger partial charge < -0.3 is 69.7 Å². The summed E-state index contributed by atoms with van der Waals surface area (Å²) < 4.78 is 5.89. The molecule has 0 spiro atoms. The smallest absolute Gasteiger partial charge is 0.241 e. The first kappa shape index (κ1) is 43.7. The number of para-hydroxylation sites is 1. The van der Waals surface area contributed by atoms with Crippen molar-refractivity contribution in [3.8, 4) is 16.9 Å². The molecule has 18 nitrogen and oxygen atoms in total. The molecule has 0 saturated heterocycles. The molecule has 0 heterocycles. The average molecular weight is 741 g/mol. The number of amides is 1. The highest BCUT2D eigenvalue weighted by molar-refractivity contribution is 5.98. The molecule has 2 rings (SSSR count). The van der Waals surface area contributed by atoms with Crippen LogP contribution in [-0.4, -0.2) is 134 Å². The molecule has 2 aromatic rings. The average Bonchev–Trinajstić information content (AvgIpc) is 3.06. The lowest BCUT2D eigenvalue weighted by molar-refractivity contribution is -0.313. The topological polar surface area (TPSA) is 278 Å². The molecule has 18 heteroatoms. The lowest BCUT2D eigenvalue weighted by Gasteiger charge is -2.36. The number of likely N-dealkylation sites (N-methyl/N-ethyl adjacent to an activating group) is 1. The summed E-state index contributed by atoms with van der Waals surface area (Å²) in [7, 11) is 1.65. The van der Waals surface area contributed by atoms with Crippen LogP contribution < -0.4 is 40.9 Å². The van der Waals surface area contributed by atoms with E-state index in [1.54, 1.807) is 55.6 Å². The van der Waals surface area contributed by atoms with Crippen LogP contribution in [0, 0.1) is 0 Å². The van der Waals surface area contributed by atoms with Crippen LogP contribution in [0.5, 0.6) is 5.75 Å². The predicted octanol–water partition coefficient (Wildman–Crippen LogP) is -5.96. The molecule has 53 heavy (non-hydrogen) atoms. The Bertz CT molecular complexity index is 1540. The molecule has 0 radical (unpaired) electrons. The van der Waals surface area contributed by atoms with Crippen molar-refractivity contribution >= 4 is 47.2 Å². The number of nitrogens with zero attached hydrogens (tertiary/aromatic N) is 3. The molecule has 0 aliphatic heterocycles. The van der Waals surface area contributed by atoms with Gasteiger partial charge >= 0.3 is 0 Å². The molecule has 1 amide bonds. The van der Waals surface area contributed by atoms with E-state index >= 15 is 0 Å². The summed E-state index contributed by atoms with van der Waals surface area (Å²) >= 11 is 0. The van der Waals surface area contributed by atoms with Crippen LogP contribution in [0.1, 0.15) is 26.2 Å². The third-order valence-electron chi connectivity index (χ3n) is 7.92. The number of benzene rings is 2. The van der Waals surface area contributed by atoms with Crippen LogP contribution in [0.25, 0.3) is 11.1 Å². The third kappa shape index (κ3) is 17.1. The largest absolute Gasteiger partial charge is 0.549 e. The highest BCUT2D eigenvalue weighted by atomic mass is 16.5. The van der Waals surface area contributed by atoms with Gasteiger partial charge in [0.15, 0.2) is 0 Å². The van der Waals surface area contributed by atoms with Crippen LogP contribution in [0.15, 0.2) is 48.5 Å². The van der Waals surface area contributed by atoms with Crippen LogP contribution >= 0.6 is 0 Å². The second-order valence-corrected chi connectivity index (χ2v) is 12.2. The molecular weight excluding hydrogens is 698 g/mol. The number of ether oxygens (including phenoxy) is 1. The van der Waals surface area contributed by atoms with E-state index in [9.17, 15) is 59.1 Å². The highest BCUT2D eigenvalue weighted by Gasteiger charge is 2.24. The Morgan fingerprint density at radius 3 is 1.77 bits per heavy atom. The first-order chi connectivity index (χ1) is 25.1. The van der Waals surface area contributed by atoms with Gasteiger partial charge in [-0.1, -0.05) is 30.3 Å². The van der Waals surface area contributed by atoms with Crippen molar-refractivity contribution in [3.05, 3.63) is 48.5 Å². The van der Waals surface area contributed by atoms with Crippen molar-refractivity contribution in [2.45, 2.75) is 38.3 Å². The predicted molar refractivity (Wildman–Crippen MR) is 177 cm³/mol. The first-order valence-corrected chi connectivity index (χ1v) is 16.6. The normalized spacial score (nSPS) is 12.3. The summed E-state index contributed by atoms with van der Waals surface area (Å²) in [4.78, 5) is 84.2. The summed E-state index contributed by atoms with van der Waals surface area (Å²) in [6, 6.07) is 11.9. The van der Waals surface area contributed by atoms with Crippen molar-refractivity contribution < 1.29 is 63.8 Å². The molecule has 2 N–H and O–H groups in total. The Labute approximate surface area is 305 Å². The number of hydrogen-bond acceptors (Lipinski definition) is 17. The number of Topliss-reactive ketones (excluding diaryl/α,β-unsaturated/α-hetero) is 1. The molecule has 290 valence electrons. The van der Waals surface area contributed by atoms with Crippen molar-refractivity contribution in [2.75, 3.05) is 71.3 Å². The van der Waals surface area contributed by atoms with E-state index in [0.29, 0.717) is 36.1 Å². The number of aliphatic carboxylic acids is 5. The van der Waals surface area contributed by atoms with Crippen LogP contribution in [0.2, 0.25) is 0 Å². The van der Waals surface area contributed by atoms with Gasteiger partial charge in [0, 0.05) is 70.0 Å². The van der Waals surface area contributed by atoms with Gasteiger partial charge in [-0.25, -0.2) is 0 Å². The number of carboxylic acid groups (broad SMARTS) is 5. The quantitative estimate of drug-likeness (QED) is 0.0862. The third-order valence-corrected chi connectivity index (χ3v) is 7.92. The lowest BCUT2D eigenvalue weighted by atomic mass is 10.0. The Balaban J connectivity index is 2.29. The molecule has 0 bridgehead atoms. The van der Waals surface area contributed by atoms with Crippen molar-refractivity contribution in [2.24, 2.45) is 0 Å². The van der Waals surface area contributed by atoms with E-state index in [0.717, 1.165) is 9.80 Å². The van der Waals surface area contributed by atoms with E-state index in [1.807, 2.05) is 0 Å². The Hall–Kier alpha value is -5.43. The fourth-order valence-corrected chi connectivity index (χ4v) is 5.45. The zero-order chi connectivity index (χ0) is 39.5. The SMILES string of the molecule is CNC(CCCC(C)=O)C(=O)Nc1ccccc1-c1ccc(OCC(CN(CCN(CC(=O)[O-])CC(=O)[O-])CC(=O)[O-])N(CC(=O)[O-])CC(=O)[O-])cc1. The summed E-state index contributed by atoms with van der Waals surface area (Å²) in [6.07, 6.45) is 1.35. The van der Waals surface area contributed by atoms with Crippen molar-refractivity contribution in [1.29, 1.82) is 0 Å². The standard InChI is InChI=1S/C35H47N5O13/c1-23(41)6-5-9-29(36-2)35(52)37-28-8-4-3-7-27(28)24-10-12-26(13-11-24)53-22-25(40(20-33(48)49)21-34(50)51)16-38(17-30(42)43)14-15-39(18-31(44)45)19-32(46)47/h3-4,7-8,10-13,25,29,36H,5-6,9,14-22H2,1-2H3,(H,37,52)(H,42,43)(H,44,45)(H,46,47)(H,48,49)(H,50,51)/p-5. The van der Waals surface area contributed by atoms with E-state index in [1.165, 1.54) is 11.8 Å². The maximum atomic E-state index is 13.0. The molecule has 0 saturated carbocycles. The Morgan fingerprint density at radius 1 is 0.717 bits per heavy atom. The first-order valence-electron chi connectivity index (χ1n) is 16.6. The van der Waals surface area contributed by atoms with Gasteiger partial charge in [0.1, 0.15) is 18.1 Å². The zero-order valence-electron chi connectivity index (χ0n) is 29.4. The minimum Gasteiger partial charge on any atom is -0.549 e. The maximum absolute atomic E-state index is 13.0. The summed E-state index contributed by atoms with van der Waals surface area (Å²) in [6.45, 7) is -4.04. The number of carbonyl (C=O) groups is 7. The van der Waals surface area contributed by atoms with Crippen LogP contribution in [0.4, 0.5) is 5.69 Å². The van der Waals surface area contributed by atoms with Crippen LogP contribution in [-0.2, 0) is 33.6 Å². The van der Waals surface area contributed by atoms with Crippen LogP contribution in [0.3, 0.4) is 0 Å². The molecule has 0 aromatic heterocycles. The molecular formula is C35H42N5O13-5. The minimum atomic E-state index is -1.65. The summed E-state index contributed by atoms with van der Waals surface area (Å²) in [5, 5.41) is 62.7. The molecule has 2 unspecified atom stereocenters. The van der Waals surface area contributed by atoms with Crippen molar-refractivity contribution in [3.63, 3.8) is 0 Å². The highest BCUT2D eigenvalue weighted by Crippen LogP contribution is 2.29. The lowest BCUT2D eigenvalue weighted by Crippen LogP contribution is -2.56. The number of carboxylic acids is 5. The van der Waals surface area contributed by atoms with Gasteiger partial charge in [0.05, 0.1) is 41.9 Å². The number of anilines is 1.